The highest BCUT2D eigenvalue weighted by molar-refractivity contribution is 5.51. The van der Waals surface area contributed by atoms with Crippen LogP contribution in [0.2, 0.25) is 0 Å². The van der Waals surface area contributed by atoms with Crippen LogP contribution < -0.4 is 5.73 Å². The summed E-state index contributed by atoms with van der Waals surface area (Å²) in [6.07, 6.45) is 1.21. The van der Waals surface area contributed by atoms with Crippen LogP contribution in [-0.2, 0) is 0 Å². The molecule has 0 aromatic carbocycles. The molecule has 2 N–H and O–H groups in total. The van der Waals surface area contributed by atoms with Gasteiger partial charge in [-0.2, -0.15) is 0 Å². The largest absolute Gasteiger partial charge is 0.457 e. The molecule has 1 aliphatic rings. The van der Waals surface area contributed by atoms with Gasteiger partial charge in [0.05, 0.1) is 0 Å². The van der Waals surface area contributed by atoms with Crippen LogP contribution in [0.5, 0.6) is 0 Å². The van der Waals surface area contributed by atoms with Gasteiger partial charge in [0.1, 0.15) is 11.6 Å². The van der Waals surface area contributed by atoms with Crippen molar-refractivity contribution in [2.75, 3.05) is 5.73 Å². The third kappa shape index (κ3) is 1.90. The van der Waals surface area contributed by atoms with Gasteiger partial charge in [0.2, 0.25) is 0 Å². The first-order chi connectivity index (χ1) is 8.13. The number of aryl methyl sites for hydroxylation is 1. The summed E-state index contributed by atoms with van der Waals surface area (Å²) in [7, 11) is 0. The van der Waals surface area contributed by atoms with Crippen LogP contribution in [0.4, 0.5) is 5.82 Å². The number of hydrogen-bond acceptors (Lipinski definition) is 4. The van der Waals surface area contributed by atoms with Crippen molar-refractivity contribution in [2.45, 2.75) is 26.2 Å². The van der Waals surface area contributed by atoms with Crippen molar-refractivity contribution in [1.29, 1.82) is 0 Å². The van der Waals surface area contributed by atoms with Crippen LogP contribution in [0.1, 0.15) is 30.7 Å². The Morgan fingerprint density at radius 3 is 2.76 bits per heavy atom. The molecule has 1 aliphatic carbocycles. The number of furan rings is 1. The summed E-state index contributed by atoms with van der Waals surface area (Å²) in [6.45, 7) is 4.13. The molecule has 4 heteroatoms. The van der Waals surface area contributed by atoms with Gasteiger partial charge in [-0.3, -0.25) is 0 Å². The summed E-state index contributed by atoms with van der Waals surface area (Å²) in [4.78, 5) is 8.52. The Morgan fingerprint density at radius 1 is 1.35 bits per heavy atom. The Labute approximate surface area is 99.9 Å². The average molecular weight is 229 g/mol. The highest BCUT2D eigenvalue weighted by atomic mass is 16.3. The highest BCUT2D eigenvalue weighted by Gasteiger charge is 2.36. The molecule has 17 heavy (non-hydrogen) atoms. The lowest BCUT2D eigenvalue weighted by atomic mass is 10.3. The fraction of sp³-hybridized carbons (Fsp3) is 0.385. The van der Waals surface area contributed by atoms with Gasteiger partial charge in [0, 0.05) is 17.7 Å². The van der Waals surface area contributed by atoms with Crippen LogP contribution in [0.3, 0.4) is 0 Å². The zero-order chi connectivity index (χ0) is 12.0. The lowest BCUT2D eigenvalue weighted by Crippen LogP contribution is -1.96. The maximum absolute atomic E-state index is 5.79. The van der Waals surface area contributed by atoms with Crippen molar-refractivity contribution in [2.24, 2.45) is 5.92 Å². The maximum atomic E-state index is 5.79. The van der Waals surface area contributed by atoms with E-state index >= 15 is 0 Å². The van der Waals surface area contributed by atoms with Gasteiger partial charge in [-0.1, -0.05) is 6.92 Å². The zero-order valence-electron chi connectivity index (χ0n) is 9.97. The number of nitrogens with two attached hydrogens (primary N) is 1. The molecule has 0 radical (unpaired) electrons. The number of anilines is 1. The van der Waals surface area contributed by atoms with Crippen molar-refractivity contribution in [3.05, 3.63) is 29.7 Å². The van der Waals surface area contributed by atoms with Crippen molar-refractivity contribution in [3.8, 4) is 11.6 Å². The maximum Gasteiger partial charge on any atom is 0.197 e. The van der Waals surface area contributed by atoms with Crippen molar-refractivity contribution < 1.29 is 4.42 Å². The molecule has 1 saturated carbocycles. The predicted molar refractivity (Wildman–Crippen MR) is 65.4 cm³/mol. The Balaban J connectivity index is 1.95. The van der Waals surface area contributed by atoms with Crippen LogP contribution in [-0.4, -0.2) is 9.97 Å². The molecule has 2 heterocycles. The number of hydrogen-bond donors (Lipinski definition) is 1. The van der Waals surface area contributed by atoms with E-state index in [0.717, 1.165) is 17.4 Å². The second-order valence-corrected chi connectivity index (χ2v) is 4.78. The van der Waals surface area contributed by atoms with Gasteiger partial charge in [0.25, 0.3) is 0 Å². The molecule has 0 saturated heterocycles. The number of rotatable bonds is 2. The van der Waals surface area contributed by atoms with E-state index < -0.39 is 0 Å². The quantitative estimate of drug-likeness (QED) is 0.859. The SMILES string of the molecule is Cc1cc(N)nc(-c2ccc(C3CC3C)o2)n1. The lowest BCUT2D eigenvalue weighted by Gasteiger charge is -1.99. The topological polar surface area (TPSA) is 64.9 Å². The molecule has 1 fully saturated rings. The lowest BCUT2D eigenvalue weighted by molar-refractivity contribution is 0.515. The molecular weight excluding hydrogens is 214 g/mol. The highest BCUT2D eigenvalue weighted by Crippen LogP contribution is 2.47. The molecule has 2 unspecified atom stereocenters. The van der Waals surface area contributed by atoms with Crippen molar-refractivity contribution in [3.63, 3.8) is 0 Å². The Kier molecular flexibility index (Phi) is 2.18. The van der Waals surface area contributed by atoms with Gasteiger partial charge in [-0.15, -0.1) is 0 Å². The fourth-order valence-electron chi connectivity index (χ4n) is 2.09. The minimum Gasteiger partial charge on any atom is -0.457 e. The van der Waals surface area contributed by atoms with E-state index in [1.165, 1.54) is 6.42 Å². The number of aromatic nitrogens is 2. The van der Waals surface area contributed by atoms with E-state index in [1.54, 1.807) is 6.07 Å². The minimum absolute atomic E-state index is 0.477. The van der Waals surface area contributed by atoms with Crippen LogP contribution in [0, 0.1) is 12.8 Å². The van der Waals surface area contributed by atoms with E-state index in [2.05, 4.69) is 16.9 Å². The fourth-order valence-corrected chi connectivity index (χ4v) is 2.09. The Morgan fingerprint density at radius 2 is 2.12 bits per heavy atom. The molecule has 88 valence electrons. The van der Waals surface area contributed by atoms with Crippen molar-refractivity contribution >= 4 is 5.82 Å². The molecule has 3 rings (SSSR count). The van der Waals surface area contributed by atoms with Gasteiger partial charge in [0.15, 0.2) is 11.6 Å². The summed E-state index contributed by atoms with van der Waals surface area (Å²) in [6, 6.07) is 5.69. The average Bonchev–Trinajstić information content (AvgIpc) is 2.80. The molecule has 0 aliphatic heterocycles. The molecule has 2 atom stereocenters. The molecule has 4 nitrogen and oxygen atoms in total. The smallest absolute Gasteiger partial charge is 0.197 e. The molecule has 0 bridgehead atoms. The summed E-state index contributed by atoms with van der Waals surface area (Å²) < 4.78 is 5.79. The second-order valence-electron chi connectivity index (χ2n) is 4.78. The van der Waals surface area contributed by atoms with Crippen LogP contribution in [0.25, 0.3) is 11.6 Å². The molecule has 2 aromatic rings. The predicted octanol–water partition coefficient (Wildman–Crippen LogP) is 2.75. The first-order valence-corrected chi connectivity index (χ1v) is 5.85. The standard InChI is InChI=1S/C13H15N3O/c1-7-5-9(7)10-3-4-11(17-10)13-15-8(2)6-12(14)16-13/h3-4,6-7,9H,5H2,1-2H3,(H2,14,15,16). The van der Waals surface area contributed by atoms with E-state index in [-0.39, 0.29) is 0 Å². The monoisotopic (exact) mass is 229 g/mol. The first kappa shape index (κ1) is 10.3. The Bertz CT molecular complexity index is 541. The van der Waals surface area contributed by atoms with Gasteiger partial charge in [-0.25, -0.2) is 9.97 Å². The third-order valence-electron chi connectivity index (χ3n) is 3.20. The summed E-state index contributed by atoms with van der Waals surface area (Å²) in [5.74, 6) is 4.10. The van der Waals surface area contributed by atoms with Crippen LogP contribution >= 0.6 is 0 Å². The molecular formula is C13H15N3O. The molecule has 0 amide bonds. The normalized spacial score (nSPS) is 22.7. The van der Waals surface area contributed by atoms with E-state index in [1.807, 2.05) is 19.1 Å². The third-order valence-corrected chi connectivity index (χ3v) is 3.20. The van der Waals surface area contributed by atoms with Crippen molar-refractivity contribution in [1.82, 2.24) is 9.97 Å². The van der Waals surface area contributed by atoms with Crippen LogP contribution in [0.15, 0.2) is 22.6 Å². The van der Waals surface area contributed by atoms with Gasteiger partial charge in [-0.05, 0) is 31.4 Å². The molecule has 0 spiro atoms. The summed E-state index contributed by atoms with van der Waals surface area (Å²) in [5, 5.41) is 0. The van der Waals surface area contributed by atoms with E-state index in [4.69, 9.17) is 10.2 Å². The number of nitrogens with zero attached hydrogens (tertiary/aromatic N) is 2. The second kappa shape index (κ2) is 3.58. The van der Waals surface area contributed by atoms with Gasteiger partial charge >= 0.3 is 0 Å². The van der Waals surface area contributed by atoms with E-state index in [0.29, 0.717) is 23.3 Å². The summed E-state index contributed by atoms with van der Waals surface area (Å²) in [5.41, 5.74) is 6.56. The van der Waals surface area contributed by atoms with Gasteiger partial charge < -0.3 is 10.2 Å². The first-order valence-electron chi connectivity index (χ1n) is 5.85. The zero-order valence-corrected chi connectivity index (χ0v) is 9.97. The van der Waals surface area contributed by atoms with E-state index in [9.17, 15) is 0 Å². The minimum atomic E-state index is 0.477. The Hall–Kier alpha value is -1.84. The molecule has 2 aromatic heterocycles. The number of nitrogen functional groups attached to an aromatic ring is 1. The summed E-state index contributed by atoms with van der Waals surface area (Å²) >= 11 is 0.